The molecule has 3 aliphatic rings. The first kappa shape index (κ1) is 22.5. The molecule has 0 spiro atoms. The van der Waals surface area contributed by atoms with Gasteiger partial charge in [0.25, 0.3) is 0 Å². The van der Waals surface area contributed by atoms with Gasteiger partial charge in [-0.1, -0.05) is 26.8 Å². The molecule has 35 heavy (non-hydrogen) atoms. The number of rotatable bonds is 4. The van der Waals surface area contributed by atoms with Crippen LogP contribution in [0.1, 0.15) is 62.9 Å². The van der Waals surface area contributed by atoms with Crippen molar-refractivity contribution in [2.45, 2.75) is 57.5 Å². The van der Waals surface area contributed by atoms with Crippen molar-refractivity contribution in [3.05, 3.63) is 65.1 Å². The Balaban J connectivity index is 1.45. The van der Waals surface area contributed by atoms with E-state index in [0.717, 1.165) is 49.3 Å². The molecule has 2 fully saturated rings. The molecular weight excluding hydrogens is 448 g/mol. The molecule has 3 atom stereocenters. The molecule has 0 amide bonds. The number of hydrogen-bond donors (Lipinski definition) is 0. The molecule has 6 nitrogen and oxygen atoms in total. The minimum absolute atomic E-state index is 0.125. The largest absolute Gasteiger partial charge is 0.375 e. The molecule has 1 aliphatic heterocycles. The first-order valence-electron chi connectivity index (χ1n) is 12.4. The molecule has 3 aromatic rings. The molecule has 2 aromatic heterocycles. The number of aromatic nitrogens is 4. The highest BCUT2D eigenvalue weighted by molar-refractivity contribution is 5.64. The van der Waals surface area contributed by atoms with Crippen LogP contribution in [0.4, 0.5) is 14.7 Å². The van der Waals surface area contributed by atoms with Gasteiger partial charge in [0.1, 0.15) is 11.6 Å². The van der Waals surface area contributed by atoms with Crippen molar-refractivity contribution in [1.82, 2.24) is 20.2 Å². The number of halogens is 2. The quantitative estimate of drug-likeness (QED) is 0.525. The van der Waals surface area contributed by atoms with E-state index in [9.17, 15) is 8.78 Å². The Morgan fingerprint density at radius 3 is 2.71 bits per heavy atom. The highest BCUT2D eigenvalue weighted by atomic mass is 19.1. The number of ether oxygens (including phenoxy) is 1. The molecule has 2 aliphatic carbocycles. The second-order valence-corrected chi connectivity index (χ2v) is 10.4. The third kappa shape index (κ3) is 3.15. The summed E-state index contributed by atoms with van der Waals surface area (Å²) in [6.07, 6.45) is 4.82. The Bertz CT molecular complexity index is 1280. The van der Waals surface area contributed by atoms with Crippen LogP contribution in [0.5, 0.6) is 0 Å². The average molecular weight is 478 g/mol. The van der Waals surface area contributed by atoms with Gasteiger partial charge in [-0.3, -0.25) is 0 Å². The van der Waals surface area contributed by atoms with E-state index >= 15 is 0 Å². The lowest BCUT2D eigenvalue weighted by molar-refractivity contribution is 0.0378. The lowest BCUT2D eigenvalue weighted by atomic mass is 9.66. The zero-order valence-electron chi connectivity index (χ0n) is 20.3. The second-order valence-electron chi connectivity index (χ2n) is 10.4. The van der Waals surface area contributed by atoms with Crippen molar-refractivity contribution in [2.75, 3.05) is 24.6 Å². The summed E-state index contributed by atoms with van der Waals surface area (Å²) in [4.78, 5) is 11.9. The number of nitrogens with zero attached hydrogens (tertiary/aromatic N) is 5. The number of hydrogen-bond acceptors (Lipinski definition) is 6. The van der Waals surface area contributed by atoms with E-state index in [-0.39, 0.29) is 28.7 Å². The summed E-state index contributed by atoms with van der Waals surface area (Å²) >= 11 is 0. The van der Waals surface area contributed by atoms with Gasteiger partial charge >= 0.3 is 0 Å². The van der Waals surface area contributed by atoms with Gasteiger partial charge in [0.15, 0.2) is 0 Å². The predicted octanol–water partition coefficient (Wildman–Crippen LogP) is 5.03. The van der Waals surface area contributed by atoms with Gasteiger partial charge in [0, 0.05) is 19.3 Å². The van der Waals surface area contributed by atoms with Gasteiger partial charge in [0.05, 0.1) is 40.8 Å². The highest BCUT2D eigenvalue weighted by Crippen LogP contribution is 2.69. The summed E-state index contributed by atoms with van der Waals surface area (Å²) in [5.74, 6) is -0.349. The average Bonchev–Trinajstić information content (AvgIpc) is 3.25. The van der Waals surface area contributed by atoms with E-state index in [4.69, 9.17) is 9.72 Å². The number of fused-ring (bicyclic) bond motifs is 5. The lowest BCUT2D eigenvalue weighted by Crippen LogP contribution is -2.44. The van der Waals surface area contributed by atoms with Crippen molar-refractivity contribution in [3.8, 4) is 11.3 Å². The molecule has 182 valence electrons. The van der Waals surface area contributed by atoms with Gasteiger partial charge < -0.3 is 9.64 Å². The lowest BCUT2D eigenvalue weighted by Gasteiger charge is -2.38. The minimum Gasteiger partial charge on any atom is -0.375 e. The van der Waals surface area contributed by atoms with Crippen LogP contribution >= 0.6 is 0 Å². The Morgan fingerprint density at radius 1 is 1.14 bits per heavy atom. The van der Waals surface area contributed by atoms with Crippen LogP contribution in [0, 0.1) is 17.0 Å². The molecular formula is C27H29F2N5O. The zero-order valence-corrected chi connectivity index (χ0v) is 20.3. The Hall–Kier alpha value is -3.00. The topological polar surface area (TPSA) is 64.0 Å². The van der Waals surface area contributed by atoms with Crippen molar-refractivity contribution < 1.29 is 13.5 Å². The van der Waals surface area contributed by atoms with Crippen LogP contribution < -0.4 is 4.90 Å². The van der Waals surface area contributed by atoms with Crippen LogP contribution in [0.25, 0.3) is 11.3 Å². The van der Waals surface area contributed by atoms with Crippen molar-refractivity contribution in [3.63, 3.8) is 0 Å². The van der Waals surface area contributed by atoms with Crippen LogP contribution in [0.2, 0.25) is 0 Å². The van der Waals surface area contributed by atoms with Crippen molar-refractivity contribution >= 4 is 5.95 Å². The summed E-state index contributed by atoms with van der Waals surface area (Å²) in [6, 6.07) is 7.70. The summed E-state index contributed by atoms with van der Waals surface area (Å²) in [6.45, 7) is 8.81. The Morgan fingerprint density at radius 2 is 1.94 bits per heavy atom. The molecule has 3 heterocycles. The fourth-order valence-electron chi connectivity index (χ4n) is 6.64. The Labute approximate surface area is 203 Å². The molecule has 1 saturated heterocycles. The number of morpholine rings is 1. The molecule has 0 radical (unpaired) electrons. The fraction of sp³-hybridized carbons (Fsp3) is 0.481. The van der Waals surface area contributed by atoms with Crippen LogP contribution in [0.15, 0.2) is 36.5 Å². The van der Waals surface area contributed by atoms with E-state index < -0.39 is 17.0 Å². The maximum atomic E-state index is 14.5. The molecule has 1 aromatic carbocycles. The van der Waals surface area contributed by atoms with Crippen LogP contribution in [-0.4, -0.2) is 46.0 Å². The molecule has 0 unspecified atom stereocenters. The third-order valence-corrected chi connectivity index (χ3v) is 8.56. The molecule has 0 N–H and O–H groups in total. The van der Waals surface area contributed by atoms with Crippen LogP contribution in [-0.2, 0) is 10.2 Å². The first-order valence-corrected chi connectivity index (χ1v) is 12.4. The predicted molar refractivity (Wildman–Crippen MR) is 128 cm³/mol. The SMILES string of the molecule is CC[C@@H]1CN(c2nccc([C@@]34CC[C@@H](c5cc(-c6c(F)cccc6F)nnc53)C4(C)C)n2)CCO1. The summed E-state index contributed by atoms with van der Waals surface area (Å²) < 4.78 is 34.8. The van der Waals surface area contributed by atoms with Crippen LogP contribution in [0.3, 0.4) is 0 Å². The highest BCUT2D eigenvalue weighted by Gasteiger charge is 2.65. The molecule has 1 saturated carbocycles. The zero-order chi connectivity index (χ0) is 24.4. The molecule has 8 heteroatoms. The van der Waals surface area contributed by atoms with E-state index in [0.29, 0.717) is 12.6 Å². The third-order valence-electron chi connectivity index (χ3n) is 8.56. The fourth-order valence-corrected chi connectivity index (χ4v) is 6.64. The second kappa shape index (κ2) is 8.01. The standard InChI is InChI=1S/C27H29F2N5O/c1-4-16-15-34(12-13-35-16)25-30-11-9-22(31-25)27-10-8-18(26(27,2)3)17-14-21(32-33-24(17)27)23-19(28)6-5-7-20(23)29/h5-7,9,11,14,16,18H,4,8,10,12-13,15H2,1-3H3/t16-,18+,27+/m1/s1. The van der Waals surface area contributed by atoms with Gasteiger partial charge in [-0.2, -0.15) is 5.10 Å². The van der Waals surface area contributed by atoms with Gasteiger partial charge in [-0.05, 0) is 60.4 Å². The Kier molecular flexibility index (Phi) is 5.14. The van der Waals surface area contributed by atoms with E-state index in [1.54, 1.807) is 0 Å². The number of benzene rings is 1. The van der Waals surface area contributed by atoms with E-state index in [1.807, 2.05) is 18.3 Å². The molecule has 2 bridgehead atoms. The minimum atomic E-state index is -0.632. The van der Waals surface area contributed by atoms with Gasteiger partial charge in [-0.25, -0.2) is 18.7 Å². The monoisotopic (exact) mass is 477 g/mol. The maximum Gasteiger partial charge on any atom is 0.225 e. The smallest absolute Gasteiger partial charge is 0.225 e. The first-order chi connectivity index (χ1) is 16.9. The van der Waals surface area contributed by atoms with E-state index in [2.05, 4.69) is 40.9 Å². The van der Waals surface area contributed by atoms with Gasteiger partial charge in [-0.15, -0.1) is 5.10 Å². The maximum absolute atomic E-state index is 14.5. The summed E-state index contributed by atoms with van der Waals surface area (Å²) in [7, 11) is 0. The summed E-state index contributed by atoms with van der Waals surface area (Å²) in [5, 5.41) is 8.96. The normalized spacial score (nSPS) is 26.7. The number of anilines is 1. The molecule has 6 rings (SSSR count). The van der Waals surface area contributed by atoms with E-state index in [1.165, 1.54) is 18.2 Å². The van der Waals surface area contributed by atoms with Gasteiger partial charge in [0.2, 0.25) is 5.95 Å². The van der Waals surface area contributed by atoms with Crippen molar-refractivity contribution in [2.24, 2.45) is 5.41 Å². The summed E-state index contributed by atoms with van der Waals surface area (Å²) in [5.41, 5.74) is 2.33. The van der Waals surface area contributed by atoms with Crippen molar-refractivity contribution in [1.29, 1.82) is 0 Å².